The number of benzene rings is 2. The van der Waals surface area contributed by atoms with Gasteiger partial charge in [0.15, 0.2) is 0 Å². The Morgan fingerprint density at radius 1 is 0.895 bits per heavy atom. The van der Waals surface area contributed by atoms with E-state index in [1.165, 1.54) is 0 Å². The van der Waals surface area contributed by atoms with Crippen LogP contribution in [0.15, 0.2) is 65.7 Å². The first kappa shape index (κ1) is 11.8. The average molecular weight is 251 g/mol. The molecule has 3 nitrogen and oxygen atoms in total. The van der Waals surface area contributed by atoms with Crippen molar-refractivity contribution in [2.75, 3.05) is 17.0 Å². The van der Waals surface area contributed by atoms with Crippen molar-refractivity contribution in [1.29, 1.82) is 0 Å². The van der Waals surface area contributed by atoms with Crippen molar-refractivity contribution in [2.24, 2.45) is 4.99 Å². The molecule has 0 saturated heterocycles. The predicted molar refractivity (Wildman–Crippen MR) is 80.5 cm³/mol. The van der Waals surface area contributed by atoms with Crippen LogP contribution in [0.4, 0.5) is 11.4 Å². The van der Waals surface area contributed by atoms with Gasteiger partial charge in [-0.2, -0.15) is 0 Å². The molecule has 0 saturated carbocycles. The van der Waals surface area contributed by atoms with Gasteiger partial charge < -0.3 is 0 Å². The Balaban J connectivity index is 1.89. The highest BCUT2D eigenvalue weighted by Crippen LogP contribution is 2.20. The number of rotatable bonds is 3. The van der Waals surface area contributed by atoms with E-state index in [1.807, 2.05) is 36.4 Å². The molecule has 1 N–H and O–H groups in total. The fourth-order valence-corrected chi connectivity index (χ4v) is 2.20. The standard InChI is InChI=1S/C16H17N3/c1-3-8-14(9-4-1)18-19(16-12-7-13-17-16)15-10-5-2-6-11-15/h1-6,8-11,18H,7,12-13H2. The summed E-state index contributed by atoms with van der Waals surface area (Å²) < 4.78 is 0. The molecule has 3 heteroatoms. The Kier molecular flexibility index (Phi) is 3.45. The lowest BCUT2D eigenvalue weighted by Gasteiger charge is -2.26. The number of aliphatic imine (C=N–C) groups is 1. The van der Waals surface area contributed by atoms with E-state index in [1.54, 1.807) is 0 Å². The highest BCUT2D eigenvalue weighted by molar-refractivity contribution is 6.00. The average Bonchev–Trinajstić information content (AvgIpc) is 3.01. The lowest BCUT2D eigenvalue weighted by molar-refractivity contribution is 0.948. The highest BCUT2D eigenvalue weighted by Gasteiger charge is 2.16. The van der Waals surface area contributed by atoms with E-state index in [0.717, 1.165) is 36.6 Å². The topological polar surface area (TPSA) is 27.6 Å². The van der Waals surface area contributed by atoms with Crippen molar-refractivity contribution in [3.05, 3.63) is 60.7 Å². The van der Waals surface area contributed by atoms with Crippen LogP contribution in [-0.2, 0) is 0 Å². The van der Waals surface area contributed by atoms with E-state index < -0.39 is 0 Å². The van der Waals surface area contributed by atoms with Crippen molar-refractivity contribution >= 4 is 17.2 Å². The Morgan fingerprint density at radius 2 is 1.58 bits per heavy atom. The fourth-order valence-electron chi connectivity index (χ4n) is 2.20. The van der Waals surface area contributed by atoms with E-state index in [4.69, 9.17) is 0 Å². The number of hydrogen-bond donors (Lipinski definition) is 1. The second-order valence-corrected chi connectivity index (χ2v) is 4.55. The first-order valence-corrected chi connectivity index (χ1v) is 6.64. The van der Waals surface area contributed by atoms with Crippen molar-refractivity contribution < 1.29 is 0 Å². The summed E-state index contributed by atoms with van der Waals surface area (Å²) in [7, 11) is 0. The summed E-state index contributed by atoms with van der Waals surface area (Å²) in [6.07, 6.45) is 2.16. The summed E-state index contributed by atoms with van der Waals surface area (Å²) in [5.74, 6) is 1.11. The van der Waals surface area contributed by atoms with Crippen LogP contribution in [0.1, 0.15) is 12.8 Å². The molecule has 0 amide bonds. The van der Waals surface area contributed by atoms with Gasteiger partial charge in [-0.05, 0) is 30.7 Å². The summed E-state index contributed by atoms with van der Waals surface area (Å²) in [4.78, 5) is 4.59. The third-order valence-electron chi connectivity index (χ3n) is 3.14. The number of hydrogen-bond acceptors (Lipinski definition) is 3. The maximum absolute atomic E-state index is 4.59. The first-order valence-electron chi connectivity index (χ1n) is 6.64. The van der Waals surface area contributed by atoms with Gasteiger partial charge in [0.25, 0.3) is 0 Å². The van der Waals surface area contributed by atoms with E-state index in [0.29, 0.717) is 0 Å². The van der Waals surface area contributed by atoms with E-state index in [9.17, 15) is 0 Å². The number of para-hydroxylation sites is 2. The van der Waals surface area contributed by atoms with Gasteiger partial charge in [0.2, 0.25) is 0 Å². The Hall–Kier alpha value is -2.29. The zero-order valence-electron chi connectivity index (χ0n) is 10.8. The van der Waals surface area contributed by atoms with Crippen LogP contribution in [-0.4, -0.2) is 12.4 Å². The van der Waals surface area contributed by atoms with E-state index in [2.05, 4.69) is 39.7 Å². The predicted octanol–water partition coefficient (Wildman–Crippen LogP) is 3.71. The Labute approximate surface area is 113 Å². The third kappa shape index (κ3) is 2.76. The molecule has 0 bridgehead atoms. The summed E-state index contributed by atoms with van der Waals surface area (Å²) >= 11 is 0. The van der Waals surface area contributed by atoms with Crippen LogP contribution in [0.25, 0.3) is 0 Å². The first-order chi connectivity index (χ1) is 9.43. The fraction of sp³-hybridized carbons (Fsp3) is 0.188. The molecule has 0 aliphatic carbocycles. The van der Waals surface area contributed by atoms with Gasteiger partial charge >= 0.3 is 0 Å². The number of hydrazine groups is 1. The van der Waals surface area contributed by atoms with Gasteiger partial charge in [-0.15, -0.1) is 0 Å². The van der Waals surface area contributed by atoms with Crippen LogP contribution >= 0.6 is 0 Å². The van der Waals surface area contributed by atoms with Gasteiger partial charge in [-0.25, -0.2) is 5.01 Å². The molecule has 0 atom stereocenters. The molecule has 96 valence electrons. The van der Waals surface area contributed by atoms with Gasteiger partial charge in [0, 0.05) is 13.0 Å². The number of nitrogens with one attached hydrogen (secondary N) is 1. The molecule has 0 unspecified atom stereocenters. The lowest BCUT2D eigenvalue weighted by Crippen LogP contribution is -2.35. The van der Waals surface area contributed by atoms with Crippen LogP contribution in [0.5, 0.6) is 0 Å². The summed E-state index contributed by atoms with van der Waals surface area (Å²) in [5, 5.41) is 2.09. The second kappa shape index (κ2) is 5.57. The van der Waals surface area contributed by atoms with Crippen molar-refractivity contribution in [3.8, 4) is 0 Å². The molecule has 19 heavy (non-hydrogen) atoms. The molecule has 0 fully saturated rings. The Morgan fingerprint density at radius 3 is 2.21 bits per heavy atom. The monoisotopic (exact) mass is 251 g/mol. The lowest BCUT2D eigenvalue weighted by atomic mass is 10.2. The van der Waals surface area contributed by atoms with Crippen molar-refractivity contribution in [1.82, 2.24) is 0 Å². The third-order valence-corrected chi connectivity index (χ3v) is 3.14. The SMILES string of the molecule is c1ccc(NN(C2=NCCC2)c2ccccc2)cc1. The van der Waals surface area contributed by atoms with Gasteiger partial charge in [0.1, 0.15) is 5.84 Å². The molecule has 1 heterocycles. The maximum Gasteiger partial charge on any atom is 0.123 e. The van der Waals surface area contributed by atoms with Crippen LogP contribution in [0.3, 0.4) is 0 Å². The van der Waals surface area contributed by atoms with Gasteiger partial charge in [-0.1, -0.05) is 36.4 Å². The van der Waals surface area contributed by atoms with Crippen molar-refractivity contribution in [2.45, 2.75) is 12.8 Å². The molecular weight excluding hydrogens is 234 g/mol. The second-order valence-electron chi connectivity index (χ2n) is 4.55. The summed E-state index contributed by atoms with van der Waals surface area (Å²) in [6.45, 7) is 0.926. The molecule has 1 aliphatic rings. The molecule has 2 aromatic rings. The Bertz CT molecular complexity index is 549. The quantitative estimate of drug-likeness (QED) is 0.842. The van der Waals surface area contributed by atoms with Gasteiger partial charge in [0.05, 0.1) is 11.4 Å². The minimum absolute atomic E-state index is 0.926. The van der Waals surface area contributed by atoms with Crippen LogP contribution in [0, 0.1) is 0 Å². The molecular formula is C16H17N3. The minimum atomic E-state index is 0.926. The number of anilines is 2. The molecule has 2 aromatic carbocycles. The number of nitrogens with zero attached hydrogens (tertiary/aromatic N) is 2. The highest BCUT2D eigenvalue weighted by atomic mass is 15.5. The molecule has 1 aliphatic heterocycles. The maximum atomic E-state index is 4.59. The molecule has 3 rings (SSSR count). The zero-order valence-corrected chi connectivity index (χ0v) is 10.8. The van der Waals surface area contributed by atoms with Crippen molar-refractivity contribution in [3.63, 3.8) is 0 Å². The number of amidine groups is 1. The van der Waals surface area contributed by atoms with Crippen LogP contribution in [0.2, 0.25) is 0 Å². The van der Waals surface area contributed by atoms with Crippen LogP contribution < -0.4 is 10.4 Å². The largest absolute Gasteiger partial charge is 0.293 e. The molecule has 0 aromatic heterocycles. The molecule has 0 spiro atoms. The van der Waals surface area contributed by atoms with E-state index in [-0.39, 0.29) is 0 Å². The summed E-state index contributed by atoms with van der Waals surface area (Å²) in [5.41, 5.74) is 5.63. The summed E-state index contributed by atoms with van der Waals surface area (Å²) in [6, 6.07) is 20.5. The zero-order chi connectivity index (χ0) is 12.9. The van der Waals surface area contributed by atoms with Gasteiger partial charge in [-0.3, -0.25) is 10.4 Å². The van der Waals surface area contributed by atoms with E-state index >= 15 is 0 Å². The smallest absolute Gasteiger partial charge is 0.123 e. The normalized spacial score (nSPS) is 14.0. The molecule has 0 radical (unpaired) electrons. The minimum Gasteiger partial charge on any atom is -0.293 e.